The molecule has 0 bridgehead atoms. The lowest BCUT2D eigenvalue weighted by molar-refractivity contribution is -0.128. The Labute approximate surface area is 120 Å². The summed E-state index contributed by atoms with van der Waals surface area (Å²) in [4.78, 5) is 14.0. The van der Waals surface area contributed by atoms with E-state index in [9.17, 15) is 4.79 Å². The van der Waals surface area contributed by atoms with E-state index in [1.54, 1.807) is 0 Å². The standard InChI is InChI=1S/C17H21NO2/c1-2-6-14-11-17(20)18(12-14)13-16-8-4-3-7-15(16)9-5-10-19/h3-4,7-8,14,19H,2,6,10-13H2,1H3. The summed E-state index contributed by atoms with van der Waals surface area (Å²) in [6.07, 6.45) is 2.93. The van der Waals surface area contributed by atoms with Gasteiger partial charge in [0.2, 0.25) is 5.91 Å². The van der Waals surface area contributed by atoms with Gasteiger partial charge in [0.05, 0.1) is 0 Å². The fourth-order valence-corrected chi connectivity index (χ4v) is 2.73. The van der Waals surface area contributed by atoms with Crippen molar-refractivity contribution in [1.29, 1.82) is 0 Å². The molecule has 1 aliphatic heterocycles. The van der Waals surface area contributed by atoms with Gasteiger partial charge in [0.15, 0.2) is 0 Å². The monoisotopic (exact) mass is 271 g/mol. The number of aliphatic hydroxyl groups is 1. The molecule has 106 valence electrons. The lowest BCUT2D eigenvalue weighted by atomic mass is 10.0. The summed E-state index contributed by atoms with van der Waals surface area (Å²) in [6.45, 7) is 3.49. The van der Waals surface area contributed by atoms with Gasteiger partial charge < -0.3 is 10.0 Å². The molecule has 1 saturated heterocycles. The van der Waals surface area contributed by atoms with E-state index in [4.69, 9.17) is 5.11 Å². The molecule has 1 unspecified atom stereocenters. The zero-order chi connectivity index (χ0) is 14.4. The fraction of sp³-hybridized carbons (Fsp3) is 0.471. The number of rotatable bonds is 4. The summed E-state index contributed by atoms with van der Waals surface area (Å²) in [5.74, 6) is 6.37. The van der Waals surface area contributed by atoms with Gasteiger partial charge in [-0.05, 0) is 24.0 Å². The van der Waals surface area contributed by atoms with E-state index in [1.165, 1.54) is 0 Å². The van der Waals surface area contributed by atoms with Crippen LogP contribution in [0.15, 0.2) is 24.3 Å². The molecule has 1 fully saturated rings. The first-order chi connectivity index (χ1) is 9.74. The summed E-state index contributed by atoms with van der Waals surface area (Å²) >= 11 is 0. The molecule has 1 aromatic rings. The third-order valence-corrected chi connectivity index (χ3v) is 3.67. The third-order valence-electron chi connectivity index (χ3n) is 3.67. The van der Waals surface area contributed by atoms with Crippen LogP contribution in [0.1, 0.15) is 37.3 Å². The molecule has 1 aliphatic rings. The van der Waals surface area contributed by atoms with Gasteiger partial charge in [-0.2, -0.15) is 0 Å². The maximum absolute atomic E-state index is 12.0. The number of carbonyl (C=O) groups is 1. The molecule has 3 heteroatoms. The molecule has 0 spiro atoms. The number of amides is 1. The topological polar surface area (TPSA) is 40.5 Å². The average Bonchev–Trinajstić information content (AvgIpc) is 2.78. The number of carbonyl (C=O) groups excluding carboxylic acids is 1. The summed E-state index contributed by atoms with van der Waals surface area (Å²) in [5.41, 5.74) is 1.95. The predicted molar refractivity (Wildman–Crippen MR) is 78.8 cm³/mol. The van der Waals surface area contributed by atoms with Crippen molar-refractivity contribution in [2.75, 3.05) is 13.2 Å². The SMILES string of the molecule is CCCC1CC(=O)N(Cc2ccccc2C#CCO)C1. The molecular weight excluding hydrogens is 250 g/mol. The molecule has 0 aliphatic carbocycles. The Bertz CT molecular complexity index is 527. The quantitative estimate of drug-likeness (QED) is 0.853. The van der Waals surface area contributed by atoms with Gasteiger partial charge in [-0.1, -0.05) is 43.4 Å². The van der Waals surface area contributed by atoms with Crippen LogP contribution in [0.5, 0.6) is 0 Å². The van der Waals surface area contributed by atoms with E-state index in [0.717, 1.165) is 30.5 Å². The highest BCUT2D eigenvalue weighted by molar-refractivity contribution is 5.78. The van der Waals surface area contributed by atoms with Gasteiger partial charge in [-0.15, -0.1) is 0 Å². The molecule has 1 aromatic carbocycles. The average molecular weight is 271 g/mol. The normalized spacial score (nSPS) is 18.0. The Morgan fingerprint density at radius 3 is 2.95 bits per heavy atom. The molecule has 1 N–H and O–H groups in total. The third kappa shape index (κ3) is 3.61. The Hall–Kier alpha value is -1.79. The van der Waals surface area contributed by atoms with E-state index in [2.05, 4.69) is 18.8 Å². The van der Waals surface area contributed by atoms with Gasteiger partial charge >= 0.3 is 0 Å². The first-order valence-electron chi connectivity index (χ1n) is 7.20. The van der Waals surface area contributed by atoms with Crippen molar-refractivity contribution in [3.8, 4) is 11.8 Å². The van der Waals surface area contributed by atoms with Crippen molar-refractivity contribution in [3.05, 3.63) is 35.4 Å². The number of nitrogens with zero attached hydrogens (tertiary/aromatic N) is 1. The Morgan fingerprint density at radius 1 is 1.40 bits per heavy atom. The molecule has 1 atom stereocenters. The van der Waals surface area contributed by atoms with E-state index in [-0.39, 0.29) is 12.5 Å². The van der Waals surface area contributed by atoms with Crippen LogP contribution in [-0.4, -0.2) is 29.1 Å². The van der Waals surface area contributed by atoms with Crippen LogP contribution in [0, 0.1) is 17.8 Å². The van der Waals surface area contributed by atoms with Crippen molar-refractivity contribution in [2.45, 2.75) is 32.7 Å². The second-order valence-electron chi connectivity index (χ2n) is 5.25. The fourth-order valence-electron chi connectivity index (χ4n) is 2.73. The lowest BCUT2D eigenvalue weighted by Crippen LogP contribution is -2.25. The summed E-state index contributed by atoms with van der Waals surface area (Å²) in [6, 6.07) is 7.82. The number of likely N-dealkylation sites (tertiary alicyclic amines) is 1. The molecule has 0 saturated carbocycles. The van der Waals surface area contributed by atoms with Crippen molar-refractivity contribution >= 4 is 5.91 Å². The van der Waals surface area contributed by atoms with Crippen molar-refractivity contribution in [1.82, 2.24) is 4.90 Å². The molecular formula is C17H21NO2. The minimum atomic E-state index is -0.143. The van der Waals surface area contributed by atoms with E-state index >= 15 is 0 Å². The largest absolute Gasteiger partial charge is 0.384 e. The summed E-state index contributed by atoms with van der Waals surface area (Å²) < 4.78 is 0. The summed E-state index contributed by atoms with van der Waals surface area (Å²) in [7, 11) is 0. The first kappa shape index (κ1) is 14.6. The molecule has 0 radical (unpaired) electrons. The number of hydrogen-bond donors (Lipinski definition) is 1. The van der Waals surface area contributed by atoms with Crippen molar-refractivity contribution < 1.29 is 9.90 Å². The second-order valence-corrected chi connectivity index (χ2v) is 5.25. The second kappa shape index (κ2) is 7.12. The van der Waals surface area contributed by atoms with Crippen LogP contribution in [0.4, 0.5) is 0 Å². The molecule has 20 heavy (non-hydrogen) atoms. The Morgan fingerprint density at radius 2 is 2.20 bits per heavy atom. The van der Waals surface area contributed by atoms with Gasteiger partial charge in [-0.25, -0.2) is 0 Å². The molecule has 1 heterocycles. The van der Waals surface area contributed by atoms with Gasteiger partial charge in [-0.3, -0.25) is 4.79 Å². The number of benzene rings is 1. The highest BCUT2D eigenvalue weighted by atomic mass is 16.2. The Balaban J connectivity index is 2.08. The molecule has 0 aromatic heterocycles. The van der Waals surface area contributed by atoms with E-state index in [1.807, 2.05) is 29.2 Å². The van der Waals surface area contributed by atoms with Gasteiger partial charge in [0.1, 0.15) is 6.61 Å². The minimum Gasteiger partial charge on any atom is -0.384 e. The van der Waals surface area contributed by atoms with Crippen molar-refractivity contribution in [2.24, 2.45) is 5.92 Å². The van der Waals surface area contributed by atoms with Crippen LogP contribution in [-0.2, 0) is 11.3 Å². The molecule has 1 amide bonds. The van der Waals surface area contributed by atoms with E-state index < -0.39 is 0 Å². The van der Waals surface area contributed by atoms with Crippen LogP contribution in [0.3, 0.4) is 0 Å². The number of hydrogen-bond acceptors (Lipinski definition) is 2. The van der Waals surface area contributed by atoms with Crippen LogP contribution >= 0.6 is 0 Å². The van der Waals surface area contributed by atoms with Gasteiger partial charge in [0.25, 0.3) is 0 Å². The summed E-state index contributed by atoms with van der Waals surface area (Å²) in [5, 5.41) is 8.80. The predicted octanol–water partition coefficient (Wildman–Crippen LogP) is 2.18. The minimum absolute atomic E-state index is 0.143. The Kier molecular flexibility index (Phi) is 5.20. The zero-order valence-electron chi connectivity index (χ0n) is 11.9. The smallest absolute Gasteiger partial charge is 0.223 e. The van der Waals surface area contributed by atoms with Crippen molar-refractivity contribution in [3.63, 3.8) is 0 Å². The lowest BCUT2D eigenvalue weighted by Gasteiger charge is -2.17. The maximum atomic E-state index is 12.0. The highest BCUT2D eigenvalue weighted by Gasteiger charge is 2.28. The molecule has 3 nitrogen and oxygen atoms in total. The first-order valence-corrected chi connectivity index (χ1v) is 7.20. The molecule has 2 rings (SSSR count). The van der Waals surface area contributed by atoms with Crippen LogP contribution < -0.4 is 0 Å². The van der Waals surface area contributed by atoms with E-state index in [0.29, 0.717) is 18.9 Å². The van der Waals surface area contributed by atoms with Gasteiger partial charge in [0, 0.05) is 25.1 Å². The zero-order valence-corrected chi connectivity index (χ0v) is 11.9. The van der Waals surface area contributed by atoms with Crippen LogP contribution in [0.2, 0.25) is 0 Å². The number of aliphatic hydroxyl groups excluding tert-OH is 1. The maximum Gasteiger partial charge on any atom is 0.223 e. The van der Waals surface area contributed by atoms with Crippen LogP contribution in [0.25, 0.3) is 0 Å². The highest BCUT2D eigenvalue weighted by Crippen LogP contribution is 2.24.